The number of carbonyl (C=O) groups excluding carboxylic acids is 2. The molecule has 0 saturated carbocycles. The first-order chi connectivity index (χ1) is 8.61. The molecule has 4 nitrogen and oxygen atoms in total. The van der Waals surface area contributed by atoms with E-state index in [-0.39, 0.29) is 28.6 Å². The van der Waals surface area contributed by atoms with Gasteiger partial charge in [0.2, 0.25) is 5.91 Å². The van der Waals surface area contributed by atoms with Crippen LogP contribution in [0, 0.1) is 5.92 Å². The predicted molar refractivity (Wildman–Crippen MR) is 68.3 cm³/mol. The SMILES string of the molecule is CCCC1CC(=O)N(C(=O)c2cccc(Cl)n2)C1. The minimum atomic E-state index is -0.346. The van der Waals surface area contributed by atoms with E-state index in [9.17, 15) is 9.59 Å². The Morgan fingerprint density at radius 3 is 3.00 bits per heavy atom. The van der Waals surface area contributed by atoms with Crippen LogP contribution in [-0.2, 0) is 4.79 Å². The van der Waals surface area contributed by atoms with Gasteiger partial charge in [-0.15, -0.1) is 0 Å². The summed E-state index contributed by atoms with van der Waals surface area (Å²) >= 11 is 5.74. The highest BCUT2D eigenvalue weighted by Crippen LogP contribution is 2.23. The molecule has 1 aromatic rings. The van der Waals surface area contributed by atoms with Gasteiger partial charge in [-0.25, -0.2) is 4.98 Å². The molecule has 5 heteroatoms. The van der Waals surface area contributed by atoms with Gasteiger partial charge < -0.3 is 0 Å². The van der Waals surface area contributed by atoms with Crippen LogP contribution in [0.4, 0.5) is 0 Å². The summed E-state index contributed by atoms with van der Waals surface area (Å²) in [4.78, 5) is 29.2. The smallest absolute Gasteiger partial charge is 0.277 e. The average Bonchev–Trinajstić information content (AvgIpc) is 2.70. The van der Waals surface area contributed by atoms with Crippen molar-refractivity contribution >= 4 is 23.4 Å². The van der Waals surface area contributed by atoms with Crippen LogP contribution in [-0.4, -0.2) is 28.2 Å². The molecule has 2 amide bonds. The van der Waals surface area contributed by atoms with Crippen LogP contribution in [0.2, 0.25) is 5.15 Å². The van der Waals surface area contributed by atoms with Crippen molar-refractivity contribution in [1.29, 1.82) is 0 Å². The Morgan fingerprint density at radius 1 is 1.56 bits per heavy atom. The summed E-state index contributed by atoms with van der Waals surface area (Å²) in [6.07, 6.45) is 2.45. The molecule has 1 unspecified atom stereocenters. The quantitative estimate of drug-likeness (QED) is 0.624. The highest BCUT2D eigenvalue weighted by Gasteiger charge is 2.34. The molecule has 1 atom stereocenters. The maximum absolute atomic E-state index is 12.1. The Hall–Kier alpha value is -1.42. The number of imide groups is 1. The first-order valence-electron chi connectivity index (χ1n) is 6.09. The van der Waals surface area contributed by atoms with Crippen molar-refractivity contribution in [3.05, 3.63) is 29.0 Å². The fourth-order valence-electron chi connectivity index (χ4n) is 2.25. The standard InChI is InChI=1S/C13H15ClN2O2/c1-2-4-9-7-12(17)16(8-9)13(18)10-5-3-6-11(14)15-10/h3,5-6,9H,2,4,7-8H2,1H3. The highest BCUT2D eigenvalue weighted by atomic mass is 35.5. The van der Waals surface area contributed by atoms with Crippen LogP contribution in [0.5, 0.6) is 0 Å². The third-order valence-corrected chi connectivity index (χ3v) is 3.29. The van der Waals surface area contributed by atoms with E-state index in [2.05, 4.69) is 11.9 Å². The third-order valence-electron chi connectivity index (χ3n) is 3.08. The minimum Gasteiger partial charge on any atom is -0.277 e. The highest BCUT2D eigenvalue weighted by molar-refractivity contribution is 6.29. The van der Waals surface area contributed by atoms with Gasteiger partial charge in [-0.3, -0.25) is 14.5 Å². The Labute approximate surface area is 111 Å². The monoisotopic (exact) mass is 266 g/mol. The lowest BCUT2D eigenvalue weighted by Gasteiger charge is -2.14. The number of pyridine rings is 1. The Kier molecular flexibility index (Phi) is 3.97. The van der Waals surface area contributed by atoms with Crippen molar-refractivity contribution < 1.29 is 9.59 Å². The molecule has 0 spiro atoms. The van der Waals surface area contributed by atoms with Crippen molar-refractivity contribution in [2.45, 2.75) is 26.2 Å². The third kappa shape index (κ3) is 2.70. The van der Waals surface area contributed by atoms with E-state index in [4.69, 9.17) is 11.6 Å². The molecule has 0 N–H and O–H groups in total. The summed E-state index contributed by atoms with van der Waals surface area (Å²) < 4.78 is 0. The van der Waals surface area contributed by atoms with Gasteiger partial charge in [0.1, 0.15) is 10.8 Å². The molecule has 1 aliphatic heterocycles. The van der Waals surface area contributed by atoms with E-state index in [1.807, 2.05) is 0 Å². The van der Waals surface area contributed by atoms with Crippen LogP contribution in [0.1, 0.15) is 36.7 Å². The summed E-state index contributed by atoms with van der Waals surface area (Å²) in [7, 11) is 0. The lowest BCUT2D eigenvalue weighted by atomic mass is 10.0. The maximum atomic E-state index is 12.1. The Morgan fingerprint density at radius 2 is 2.33 bits per heavy atom. The normalized spacial score (nSPS) is 19.3. The Bertz CT molecular complexity index is 476. The van der Waals surface area contributed by atoms with Gasteiger partial charge in [0.05, 0.1) is 0 Å². The molecule has 1 saturated heterocycles. The lowest BCUT2D eigenvalue weighted by Crippen LogP contribution is -2.33. The number of carbonyl (C=O) groups is 2. The van der Waals surface area contributed by atoms with Crippen molar-refractivity contribution in [3.8, 4) is 0 Å². The molecule has 0 aromatic carbocycles. The molecule has 18 heavy (non-hydrogen) atoms. The number of hydrogen-bond donors (Lipinski definition) is 0. The zero-order chi connectivity index (χ0) is 13.1. The van der Waals surface area contributed by atoms with Gasteiger partial charge in [-0.05, 0) is 24.5 Å². The Balaban J connectivity index is 2.12. The van der Waals surface area contributed by atoms with Crippen LogP contribution in [0.15, 0.2) is 18.2 Å². The molecule has 1 aromatic heterocycles. The van der Waals surface area contributed by atoms with Crippen molar-refractivity contribution in [2.24, 2.45) is 5.92 Å². The summed E-state index contributed by atoms with van der Waals surface area (Å²) in [6.45, 7) is 2.58. The van der Waals surface area contributed by atoms with Gasteiger partial charge in [0.15, 0.2) is 0 Å². The van der Waals surface area contributed by atoms with Gasteiger partial charge in [0, 0.05) is 13.0 Å². The molecule has 0 aliphatic carbocycles. The second-order valence-electron chi connectivity index (χ2n) is 4.51. The van der Waals surface area contributed by atoms with Crippen LogP contribution < -0.4 is 0 Å². The number of amides is 2. The maximum Gasteiger partial charge on any atom is 0.279 e. The number of likely N-dealkylation sites (tertiary alicyclic amines) is 1. The number of aromatic nitrogens is 1. The van der Waals surface area contributed by atoms with Gasteiger partial charge in [0.25, 0.3) is 5.91 Å². The first kappa shape index (κ1) is 13.0. The van der Waals surface area contributed by atoms with E-state index in [0.717, 1.165) is 12.8 Å². The van der Waals surface area contributed by atoms with E-state index >= 15 is 0 Å². The van der Waals surface area contributed by atoms with E-state index in [1.54, 1.807) is 18.2 Å². The largest absolute Gasteiger partial charge is 0.279 e. The zero-order valence-electron chi connectivity index (χ0n) is 10.2. The lowest BCUT2D eigenvalue weighted by molar-refractivity contribution is -0.125. The molecule has 1 fully saturated rings. The predicted octanol–water partition coefficient (Wildman–Crippen LogP) is 2.52. The molecule has 2 heterocycles. The van der Waals surface area contributed by atoms with Crippen LogP contribution in [0.25, 0.3) is 0 Å². The molecule has 96 valence electrons. The summed E-state index contributed by atoms with van der Waals surface area (Å²) in [5, 5.41) is 0.262. The molecule has 0 radical (unpaired) electrons. The van der Waals surface area contributed by atoms with Gasteiger partial charge in [-0.2, -0.15) is 0 Å². The van der Waals surface area contributed by atoms with Crippen molar-refractivity contribution in [2.75, 3.05) is 6.54 Å². The van der Waals surface area contributed by atoms with E-state index in [1.165, 1.54) is 4.90 Å². The minimum absolute atomic E-state index is 0.111. The number of hydrogen-bond acceptors (Lipinski definition) is 3. The molecule has 0 bridgehead atoms. The van der Waals surface area contributed by atoms with E-state index in [0.29, 0.717) is 13.0 Å². The topological polar surface area (TPSA) is 50.3 Å². The summed E-state index contributed by atoms with van der Waals surface area (Å²) in [5.41, 5.74) is 0.230. The summed E-state index contributed by atoms with van der Waals surface area (Å²) in [5.74, 6) is -0.174. The number of rotatable bonds is 3. The molecule has 1 aliphatic rings. The van der Waals surface area contributed by atoms with Crippen LogP contribution >= 0.6 is 11.6 Å². The second kappa shape index (κ2) is 5.48. The molecule has 2 rings (SSSR count). The van der Waals surface area contributed by atoms with Crippen LogP contribution in [0.3, 0.4) is 0 Å². The molecular formula is C13H15ClN2O2. The van der Waals surface area contributed by atoms with Gasteiger partial charge in [-0.1, -0.05) is 31.0 Å². The van der Waals surface area contributed by atoms with Crippen molar-refractivity contribution in [1.82, 2.24) is 9.88 Å². The fraction of sp³-hybridized carbons (Fsp3) is 0.462. The van der Waals surface area contributed by atoms with Gasteiger partial charge >= 0.3 is 0 Å². The average molecular weight is 267 g/mol. The first-order valence-corrected chi connectivity index (χ1v) is 6.47. The number of halogens is 1. The second-order valence-corrected chi connectivity index (χ2v) is 4.90. The fourth-order valence-corrected chi connectivity index (χ4v) is 2.41. The summed E-state index contributed by atoms with van der Waals surface area (Å²) in [6, 6.07) is 4.84. The zero-order valence-corrected chi connectivity index (χ0v) is 11.0. The number of nitrogens with zero attached hydrogens (tertiary/aromatic N) is 2. The van der Waals surface area contributed by atoms with E-state index < -0.39 is 0 Å². The molecular weight excluding hydrogens is 252 g/mol. The van der Waals surface area contributed by atoms with Crippen molar-refractivity contribution in [3.63, 3.8) is 0 Å².